The average molecular weight is 467 g/mol. The van der Waals surface area contributed by atoms with E-state index in [2.05, 4.69) is 21.2 Å². The zero-order valence-electron chi connectivity index (χ0n) is 14.4. The maximum Gasteiger partial charge on any atom is 0.416 e. The van der Waals surface area contributed by atoms with Gasteiger partial charge in [-0.05, 0) is 42.3 Å². The van der Waals surface area contributed by atoms with Crippen LogP contribution in [0.2, 0.25) is 5.02 Å². The van der Waals surface area contributed by atoms with Crippen LogP contribution in [0.5, 0.6) is 11.5 Å². The van der Waals surface area contributed by atoms with Crippen LogP contribution in [0, 0.1) is 0 Å². The number of benzene rings is 2. The highest BCUT2D eigenvalue weighted by Gasteiger charge is 2.31. The molecular formula is C18H16BrClF3NO3. The number of methoxy groups -OCH3 is 2. The first-order valence-corrected chi connectivity index (χ1v) is 8.89. The van der Waals surface area contributed by atoms with E-state index in [1.165, 1.54) is 14.2 Å². The summed E-state index contributed by atoms with van der Waals surface area (Å²) < 4.78 is 49.5. The monoisotopic (exact) mass is 465 g/mol. The second-order valence-electron chi connectivity index (χ2n) is 5.54. The topological polar surface area (TPSA) is 47.6 Å². The van der Waals surface area contributed by atoms with E-state index >= 15 is 0 Å². The number of nitrogens with one attached hydrogen (secondary N) is 1. The highest BCUT2D eigenvalue weighted by molar-refractivity contribution is 9.10. The molecule has 2 rings (SSSR count). The third-order valence-corrected chi connectivity index (χ3v) is 4.81. The van der Waals surface area contributed by atoms with Crippen LogP contribution < -0.4 is 14.8 Å². The van der Waals surface area contributed by atoms with Gasteiger partial charge >= 0.3 is 6.18 Å². The summed E-state index contributed by atoms with van der Waals surface area (Å²) in [6, 6.07) is 6.22. The molecule has 27 heavy (non-hydrogen) atoms. The van der Waals surface area contributed by atoms with E-state index in [1.54, 1.807) is 12.1 Å². The summed E-state index contributed by atoms with van der Waals surface area (Å²) >= 11 is 9.28. The lowest BCUT2D eigenvalue weighted by Gasteiger charge is -2.13. The Morgan fingerprint density at radius 1 is 1.15 bits per heavy atom. The van der Waals surface area contributed by atoms with Crippen LogP contribution in [0.25, 0.3) is 0 Å². The number of carbonyl (C=O) groups excluding carboxylic acids is 1. The van der Waals surface area contributed by atoms with Crippen LogP contribution in [-0.2, 0) is 17.4 Å². The number of anilines is 1. The zero-order valence-corrected chi connectivity index (χ0v) is 16.8. The molecule has 4 nitrogen and oxygen atoms in total. The third-order valence-electron chi connectivity index (χ3n) is 3.74. The first-order chi connectivity index (χ1) is 12.7. The number of amides is 1. The molecular weight excluding hydrogens is 451 g/mol. The summed E-state index contributed by atoms with van der Waals surface area (Å²) in [6.07, 6.45) is -4.14. The van der Waals surface area contributed by atoms with Gasteiger partial charge in [-0.25, -0.2) is 0 Å². The molecule has 0 aromatic heterocycles. The smallest absolute Gasteiger partial charge is 0.416 e. The van der Waals surface area contributed by atoms with Gasteiger partial charge in [-0.2, -0.15) is 13.2 Å². The van der Waals surface area contributed by atoms with Gasteiger partial charge in [-0.15, -0.1) is 0 Å². The normalized spacial score (nSPS) is 11.2. The van der Waals surface area contributed by atoms with Crippen molar-refractivity contribution < 1.29 is 27.4 Å². The summed E-state index contributed by atoms with van der Waals surface area (Å²) in [7, 11) is 3.01. The Bertz CT molecular complexity index is 843. The number of hydrogen-bond acceptors (Lipinski definition) is 3. The number of halogens is 5. The van der Waals surface area contributed by atoms with Crippen molar-refractivity contribution in [3.8, 4) is 11.5 Å². The molecule has 9 heteroatoms. The van der Waals surface area contributed by atoms with Crippen LogP contribution in [0.1, 0.15) is 17.5 Å². The Hall–Kier alpha value is -1.93. The number of rotatable bonds is 6. The molecule has 2 aromatic carbocycles. The predicted molar refractivity (Wildman–Crippen MR) is 101 cm³/mol. The molecule has 0 atom stereocenters. The fraction of sp³-hybridized carbons (Fsp3) is 0.278. The molecule has 0 saturated carbocycles. The molecule has 0 aliphatic heterocycles. The van der Waals surface area contributed by atoms with E-state index in [4.69, 9.17) is 21.1 Å². The Morgan fingerprint density at radius 3 is 2.37 bits per heavy atom. The van der Waals surface area contributed by atoms with Gasteiger partial charge in [0.2, 0.25) is 5.91 Å². The molecule has 0 aliphatic rings. The zero-order chi connectivity index (χ0) is 20.2. The number of ether oxygens (including phenoxy) is 2. The Labute approximate surface area is 167 Å². The molecule has 2 aromatic rings. The van der Waals surface area contributed by atoms with E-state index in [1.807, 2.05) is 0 Å². The SMILES string of the molecule is COc1cc(Br)c(CCC(=O)Nc2cc(C(F)(F)F)ccc2Cl)cc1OC. The summed E-state index contributed by atoms with van der Waals surface area (Å²) in [5.74, 6) is 0.586. The third kappa shape index (κ3) is 5.52. The summed E-state index contributed by atoms with van der Waals surface area (Å²) in [5.41, 5.74) is -0.175. The minimum Gasteiger partial charge on any atom is -0.493 e. The molecule has 0 bridgehead atoms. The minimum absolute atomic E-state index is 0.0312. The van der Waals surface area contributed by atoms with Crippen LogP contribution in [0.4, 0.5) is 18.9 Å². The van der Waals surface area contributed by atoms with E-state index in [9.17, 15) is 18.0 Å². The van der Waals surface area contributed by atoms with Crippen LogP contribution in [-0.4, -0.2) is 20.1 Å². The predicted octanol–water partition coefficient (Wildman–Crippen LogP) is 5.71. The van der Waals surface area contributed by atoms with Crippen molar-refractivity contribution in [2.45, 2.75) is 19.0 Å². The Balaban J connectivity index is 2.09. The van der Waals surface area contributed by atoms with E-state index < -0.39 is 17.6 Å². The average Bonchev–Trinajstić information content (AvgIpc) is 2.61. The minimum atomic E-state index is -4.52. The maximum atomic E-state index is 12.8. The molecule has 0 aliphatic carbocycles. The van der Waals surface area contributed by atoms with Crippen molar-refractivity contribution >= 4 is 39.1 Å². The standard InChI is InChI=1S/C18H16BrClF3NO3/c1-26-15-7-10(12(19)9-16(15)27-2)3-6-17(25)24-14-8-11(18(21,22)23)4-5-13(14)20/h4-5,7-9H,3,6H2,1-2H3,(H,24,25). The van der Waals surface area contributed by atoms with Gasteiger partial charge in [0.1, 0.15) is 0 Å². The molecule has 0 saturated heterocycles. The van der Waals surface area contributed by atoms with Crippen molar-refractivity contribution in [2.75, 3.05) is 19.5 Å². The summed E-state index contributed by atoms with van der Waals surface area (Å²) in [4.78, 5) is 12.2. The fourth-order valence-corrected chi connectivity index (χ4v) is 3.03. The van der Waals surface area contributed by atoms with Crippen LogP contribution in [0.3, 0.4) is 0 Å². The summed E-state index contributed by atoms with van der Waals surface area (Å²) in [5, 5.41) is 2.45. The molecule has 146 valence electrons. The first-order valence-electron chi connectivity index (χ1n) is 7.72. The lowest BCUT2D eigenvalue weighted by atomic mass is 10.1. The lowest BCUT2D eigenvalue weighted by Crippen LogP contribution is -2.14. The molecule has 0 unspecified atom stereocenters. The van der Waals surface area contributed by atoms with Crippen molar-refractivity contribution in [2.24, 2.45) is 0 Å². The Morgan fingerprint density at radius 2 is 1.78 bits per heavy atom. The van der Waals surface area contributed by atoms with Gasteiger partial charge in [0.15, 0.2) is 11.5 Å². The Kier molecular flexibility index (Phi) is 7.00. The largest absolute Gasteiger partial charge is 0.493 e. The van der Waals surface area contributed by atoms with Gasteiger partial charge in [0.05, 0.1) is 30.5 Å². The molecule has 0 spiro atoms. The quantitative estimate of drug-likeness (QED) is 0.593. The van der Waals surface area contributed by atoms with Crippen molar-refractivity contribution in [1.82, 2.24) is 0 Å². The first kappa shape index (κ1) is 21.4. The van der Waals surface area contributed by atoms with Crippen molar-refractivity contribution in [3.63, 3.8) is 0 Å². The van der Waals surface area contributed by atoms with Gasteiger partial charge in [0, 0.05) is 10.9 Å². The van der Waals surface area contributed by atoms with Gasteiger partial charge in [0.25, 0.3) is 0 Å². The van der Waals surface area contributed by atoms with Gasteiger partial charge in [-0.1, -0.05) is 27.5 Å². The number of carbonyl (C=O) groups is 1. The molecule has 1 amide bonds. The van der Waals surface area contributed by atoms with E-state index in [0.29, 0.717) is 17.9 Å². The highest BCUT2D eigenvalue weighted by Crippen LogP contribution is 2.35. The van der Waals surface area contributed by atoms with E-state index in [0.717, 1.165) is 28.2 Å². The molecule has 0 fully saturated rings. The second kappa shape index (κ2) is 8.84. The van der Waals surface area contributed by atoms with Crippen LogP contribution >= 0.6 is 27.5 Å². The molecule has 1 N–H and O–H groups in total. The van der Waals surface area contributed by atoms with Crippen LogP contribution in [0.15, 0.2) is 34.8 Å². The van der Waals surface area contributed by atoms with Crippen molar-refractivity contribution in [1.29, 1.82) is 0 Å². The maximum absolute atomic E-state index is 12.8. The van der Waals surface area contributed by atoms with E-state index in [-0.39, 0.29) is 17.1 Å². The molecule has 0 radical (unpaired) electrons. The van der Waals surface area contributed by atoms with Crippen molar-refractivity contribution in [3.05, 3.63) is 51.0 Å². The number of hydrogen-bond donors (Lipinski definition) is 1. The summed E-state index contributed by atoms with van der Waals surface area (Å²) in [6.45, 7) is 0. The highest BCUT2D eigenvalue weighted by atomic mass is 79.9. The molecule has 0 heterocycles. The van der Waals surface area contributed by atoms with Gasteiger partial charge in [-0.3, -0.25) is 4.79 Å². The fourth-order valence-electron chi connectivity index (χ4n) is 2.35. The number of aryl methyl sites for hydroxylation is 1. The second-order valence-corrected chi connectivity index (χ2v) is 6.80. The lowest BCUT2D eigenvalue weighted by molar-refractivity contribution is -0.137. The van der Waals surface area contributed by atoms with Gasteiger partial charge < -0.3 is 14.8 Å². The number of alkyl halides is 3.